The van der Waals surface area contributed by atoms with Gasteiger partial charge in [-0.05, 0) is 62.8 Å². The van der Waals surface area contributed by atoms with Crippen LogP contribution in [0.25, 0.3) is 0 Å². The quantitative estimate of drug-likeness (QED) is 0.851. The van der Waals surface area contributed by atoms with E-state index in [0.29, 0.717) is 6.54 Å². The lowest BCUT2D eigenvalue weighted by atomic mass is 9.53. The summed E-state index contributed by atoms with van der Waals surface area (Å²) in [6, 6.07) is 0. The number of rotatable bonds is 4. The van der Waals surface area contributed by atoms with Crippen LogP contribution in [-0.4, -0.2) is 60.5 Å². The van der Waals surface area contributed by atoms with Gasteiger partial charge in [-0.25, -0.2) is 0 Å². The lowest BCUT2D eigenvalue weighted by molar-refractivity contribution is -0.128. The van der Waals surface area contributed by atoms with Crippen LogP contribution in [0.5, 0.6) is 0 Å². The Hall–Kier alpha value is -0.320. The number of hydrogen-bond acceptors (Lipinski definition) is 3. The van der Waals surface area contributed by atoms with Gasteiger partial charge >= 0.3 is 0 Å². The highest BCUT2D eigenvalue weighted by Gasteiger charge is 2.51. The highest BCUT2D eigenvalue weighted by Crippen LogP contribution is 2.55. The molecule has 1 N–H and O–H groups in total. The Balaban J connectivity index is 0.00000156. The second-order valence-electron chi connectivity index (χ2n) is 8.46. The zero-order valence-electron chi connectivity index (χ0n) is 14.4. The lowest BCUT2D eigenvalue weighted by Gasteiger charge is -2.57. The van der Waals surface area contributed by atoms with E-state index < -0.39 is 0 Å². The summed E-state index contributed by atoms with van der Waals surface area (Å²) in [6.45, 7) is 8.27. The predicted octanol–water partition coefficient (Wildman–Crippen LogP) is 2.13. The molecule has 5 rings (SSSR count). The second kappa shape index (κ2) is 6.89. The van der Waals surface area contributed by atoms with Gasteiger partial charge < -0.3 is 10.2 Å². The molecule has 4 saturated carbocycles. The van der Waals surface area contributed by atoms with E-state index in [9.17, 15) is 4.79 Å². The minimum atomic E-state index is 0. The van der Waals surface area contributed by atoms with Crippen LogP contribution < -0.4 is 5.32 Å². The maximum Gasteiger partial charge on any atom is 0.234 e. The molecule has 0 aromatic carbocycles. The molecule has 0 aromatic rings. The predicted molar refractivity (Wildman–Crippen MR) is 94.8 cm³/mol. The molecule has 132 valence electrons. The van der Waals surface area contributed by atoms with Crippen LogP contribution >= 0.6 is 12.4 Å². The minimum absolute atomic E-state index is 0. The number of carbonyl (C=O) groups is 1. The van der Waals surface area contributed by atoms with Crippen molar-refractivity contribution in [2.24, 2.45) is 17.8 Å². The summed E-state index contributed by atoms with van der Waals surface area (Å²) in [6.07, 6.45) is 8.09. The molecule has 4 aliphatic carbocycles. The first-order chi connectivity index (χ1) is 10.6. The molecule has 0 aromatic heterocycles. The fourth-order valence-corrected chi connectivity index (χ4v) is 6.07. The molecule has 1 aliphatic heterocycles. The molecule has 23 heavy (non-hydrogen) atoms. The van der Waals surface area contributed by atoms with E-state index in [0.717, 1.165) is 50.5 Å². The van der Waals surface area contributed by atoms with Crippen molar-refractivity contribution in [2.75, 3.05) is 39.3 Å². The molecule has 0 atom stereocenters. The molecule has 4 nitrogen and oxygen atoms in total. The van der Waals surface area contributed by atoms with Gasteiger partial charge in [-0.15, -0.1) is 12.4 Å². The van der Waals surface area contributed by atoms with E-state index in [2.05, 4.69) is 22.0 Å². The highest BCUT2D eigenvalue weighted by atomic mass is 35.5. The third kappa shape index (κ3) is 3.69. The summed E-state index contributed by atoms with van der Waals surface area (Å²) in [5, 5.41) is 3.50. The Morgan fingerprint density at radius 1 is 0.957 bits per heavy atom. The van der Waals surface area contributed by atoms with Gasteiger partial charge in [-0.3, -0.25) is 9.69 Å². The Kier molecular flexibility index (Phi) is 5.24. The molecule has 1 saturated heterocycles. The topological polar surface area (TPSA) is 35.6 Å². The highest BCUT2D eigenvalue weighted by molar-refractivity contribution is 5.85. The summed E-state index contributed by atoms with van der Waals surface area (Å²) >= 11 is 0. The van der Waals surface area contributed by atoms with Crippen LogP contribution in [0.3, 0.4) is 0 Å². The molecule has 5 fully saturated rings. The van der Waals surface area contributed by atoms with Gasteiger partial charge in [-0.2, -0.15) is 0 Å². The molecular weight excluding hydrogens is 310 g/mol. The first-order valence-corrected chi connectivity index (χ1v) is 9.40. The standard InChI is InChI=1S/C18H31N3O.ClH/c1-2-20-3-5-21(6-4-20)13-17(22)19-18-10-14-7-15(11-18)9-16(8-14)12-18;/h14-16H,2-13H2,1H3,(H,19,22);1H. The first kappa shape index (κ1) is 17.5. The first-order valence-electron chi connectivity index (χ1n) is 9.40. The van der Waals surface area contributed by atoms with E-state index >= 15 is 0 Å². The molecule has 1 heterocycles. The van der Waals surface area contributed by atoms with Crippen LogP contribution in [0.2, 0.25) is 0 Å². The number of piperazine rings is 1. The lowest BCUT2D eigenvalue weighted by Crippen LogP contribution is -2.61. The van der Waals surface area contributed by atoms with Crippen LogP contribution in [0.1, 0.15) is 45.4 Å². The molecule has 0 spiro atoms. The van der Waals surface area contributed by atoms with Gasteiger partial charge in [0.15, 0.2) is 0 Å². The number of hydrogen-bond donors (Lipinski definition) is 1. The van der Waals surface area contributed by atoms with E-state index in [1.165, 1.54) is 38.5 Å². The summed E-state index contributed by atoms with van der Waals surface area (Å²) in [7, 11) is 0. The minimum Gasteiger partial charge on any atom is -0.350 e. The van der Waals surface area contributed by atoms with E-state index in [4.69, 9.17) is 0 Å². The molecule has 5 aliphatic rings. The molecule has 4 bridgehead atoms. The Morgan fingerprint density at radius 3 is 1.91 bits per heavy atom. The van der Waals surface area contributed by atoms with E-state index in [1.54, 1.807) is 0 Å². The van der Waals surface area contributed by atoms with Crippen molar-refractivity contribution in [1.82, 2.24) is 15.1 Å². The van der Waals surface area contributed by atoms with Crippen molar-refractivity contribution in [3.63, 3.8) is 0 Å². The number of carbonyl (C=O) groups excluding carboxylic acids is 1. The van der Waals surface area contributed by atoms with Gasteiger partial charge in [0.25, 0.3) is 0 Å². The van der Waals surface area contributed by atoms with Gasteiger partial charge in [-0.1, -0.05) is 6.92 Å². The number of amides is 1. The largest absolute Gasteiger partial charge is 0.350 e. The normalized spacial score (nSPS) is 40.0. The van der Waals surface area contributed by atoms with Crippen molar-refractivity contribution in [1.29, 1.82) is 0 Å². The van der Waals surface area contributed by atoms with Crippen molar-refractivity contribution >= 4 is 18.3 Å². The maximum atomic E-state index is 12.6. The third-order valence-corrected chi connectivity index (χ3v) is 6.72. The van der Waals surface area contributed by atoms with Crippen molar-refractivity contribution in [3.8, 4) is 0 Å². The summed E-state index contributed by atoms with van der Waals surface area (Å²) < 4.78 is 0. The van der Waals surface area contributed by atoms with Gasteiger partial charge in [0.2, 0.25) is 5.91 Å². The molecule has 5 heteroatoms. The van der Waals surface area contributed by atoms with Crippen molar-refractivity contribution < 1.29 is 4.79 Å². The zero-order valence-corrected chi connectivity index (χ0v) is 15.2. The monoisotopic (exact) mass is 341 g/mol. The molecule has 1 amide bonds. The fourth-order valence-electron chi connectivity index (χ4n) is 6.07. The van der Waals surface area contributed by atoms with Gasteiger partial charge in [0, 0.05) is 31.7 Å². The van der Waals surface area contributed by atoms with Crippen LogP contribution in [-0.2, 0) is 4.79 Å². The number of halogens is 1. The van der Waals surface area contributed by atoms with Gasteiger partial charge in [0.05, 0.1) is 6.54 Å². The van der Waals surface area contributed by atoms with Crippen LogP contribution in [0, 0.1) is 17.8 Å². The summed E-state index contributed by atoms with van der Waals surface area (Å²) in [5.41, 5.74) is 0.178. The second-order valence-corrected chi connectivity index (χ2v) is 8.46. The Labute approximate surface area is 146 Å². The number of nitrogens with zero attached hydrogens (tertiary/aromatic N) is 2. The van der Waals surface area contributed by atoms with Crippen LogP contribution in [0.4, 0.5) is 0 Å². The summed E-state index contributed by atoms with van der Waals surface area (Å²) in [5.74, 6) is 2.99. The fraction of sp³-hybridized carbons (Fsp3) is 0.944. The van der Waals surface area contributed by atoms with E-state index in [1.807, 2.05) is 0 Å². The van der Waals surface area contributed by atoms with Crippen molar-refractivity contribution in [2.45, 2.75) is 51.0 Å². The Bertz CT molecular complexity index is 399. The average Bonchev–Trinajstić information content (AvgIpc) is 2.45. The van der Waals surface area contributed by atoms with E-state index in [-0.39, 0.29) is 23.9 Å². The number of nitrogens with one attached hydrogen (secondary N) is 1. The SMILES string of the molecule is CCN1CCN(CC(=O)NC23CC4CC(CC(C4)C2)C3)CC1.Cl. The molecule has 0 unspecified atom stereocenters. The average molecular weight is 342 g/mol. The summed E-state index contributed by atoms with van der Waals surface area (Å²) in [4.78, 5) is 17.4. The maximum absolute atomic E-state index is 12.6. The number of likely N-dealkylation sites (N-methyl/N-ethyl adjacent to an activating group) is 1. The van der Waals surface area contributed by atoms with Crippen molar-refractivity contribution in [3.05, 3.63) is 0 Å². The van der Waals surface area contributed by atoms with Gasteiger partial charge in [0.1, 0.15) is 0 Å². The third-order valence-electron chi connectivity index (χ3n) is 6.72. The smallest absolute Gasteiger partial charge is 0.234 e. The molecule has 0 radical (unpaired) electrons. The Morgan fingerprint density at radius 2 is 1.43 bits per heavy atom. The molecular formula is C18H32ClN3O. The van der Waals surface area contributed by atoms with Crippen LogP contribution in [0.15, 0.2) is 0 Å². The zero-order chi connectivity index (χ0) is 15.2.